The molecule has 2 aromatic carbocycles. The molecule has 0 atom stereocenters. The standard InChI is InChI=1S/C25H30BrN5S/c1-18-8-4-5-9-21(18)17-31-20(3)24(19(2)28-31)27-25(32)30-14-12-29(13-15-30)16-22-10-6-7-11-23(22)26/h4-11H,12-17H2,1-3H3,(H,27,32). The van der Waals surface area contributed by atoms with Crippen molar-refractivity contribution in [2.45, 2.75) is 33.9 Å². The Kier molecular flexibility index (Phi) is 7.28. The third kappa shape index (κ3) is 5.22. The number of nitrogens with zero attached hydrogens (tertiary/aromatic N) is 4. The number of piperazine rings is 1. The summed E-state index contributed by atoms with van der Waals surface area (Å²) in [6, 6.07) is 16.9. The van der Waals surface area contributed by atoms with Crippen LogP contribution in [0.5, 0.6) is 0 Å². The molecule has 1 aromatic heterocycles. The van der Waals surface area contributed by atoms with Crippen LogP contribution in [-0.4, -0.2) is 50.9 Å². The van der Waals surface area contributed by atoms with Gasteiger partial charge in [-0.15, -0.1) is 0 Å². The fourth-order valence-corrected chi connectivity index (χ4v) is 4.84. The van der Waals surface area contributed by atoms with Crippen LogP contribution in [0.2, 0.25) is 0 Å². The van der Waals surface area contributed by atoms with Crippen LogP contribution in [0, 0.1) is 20.8 Å². The minimum Gasteiger partial charge on any atom is -0.346 e. The molecule has 1 fully saturated rings. The average molecular weight is 513 g/mol. The largest absolute Gasteiger partial charge is 0.346 e. The van der Waals surface area contributed by atoms with Gasteiger partial charge in [-0.05, 0) is 55.7 Å². The molecule has 4 rings (SSSR count). The summed E-state index contributed by atoms with van der Waals surface area (Å²) in [5.74, 6) is 0. The van der Waals surface area contributed by atoms with E-state index in [-0.39, 0.29) is 0 Å². The van der Waals surface area contributed by atoms with E-state index in [1.165, 1.54) is 21.2 Å². The molecule has 7 heteroatoms. The first kappa shape index (κ1) is 23.0. The normalized spacial score (nSPS) is 14.6. The van der Waals surface area contributed by atoms with Crippen molar-refractivity contribution in [1.82, 2.24) is 19.6 Å². The highest BCUT2D eigenvalue weighted by Crippen LogP contribution is 2.23. The van der Waals surface area contributed by atoms with Crippen LogP contribution < -0.4 is 5.32 Å². The van der Waals surface area contributed by atoms with Crippen molar-refractivity contribution in [2.24, 2.45) is 0 Å². The van der Waals surface area contributed by atoms with Gasteiger partial charge in [-0.2, -0.15) is 5.10 Å². The maximum absolute atomic E-state index is 5.78. The second kappa shape index (κ2) is 10.1. The Morgan fingerprint density at radius 1 is 0.938 bits per heavy atom. The van der Waals surface area contributed by atoms with Crippen LogP contribution in [0.3, 0.4) is 0 Å². The summed E-state index contributed by atoms with van der Waals surface area (Å²) in [7, 11) is 0. The van der Waals surface area contributed by atoms with Gasteiger partial charge in [-0.25, -0.2) is 0 Å². The summed E-state index contributed by atoms with van der Waals surface area (Å²) in [6.45, 7) is 11.9. The van der Waals surface area contributed by atoms with Gasteiger partial charge in [0.25, 0.3) is 0 Å². The summed E-state index contributed by atoms with van der Waals surface area (Å²) in [4.78, 5) is 4.75. The number of hydrogen-bond acceptors (Lipinski definition) is 3. The van der Waals surface area contributed by atoms with Crippen LogP contribution in [0.15, 0.2) is 53.0 Å². The van der Waals surface area contributed by atoms with Crippen molar-refractivity contribution in [3.63, 3.8) is 0 Å². The fraction of sp³-hybridized carbons (Fsp3) is 0.360. The third-order valence-electron chi connectivity index (χ3n) is 6.21. The summed E-state index contributed by atoms with van der Waals surface area (Å²) in [5.41, 5.74) is 7.01. The van der Waals surface area contributed by atoms with Crippen molar-refractivity contribution >= 4 is 38.9 Å². The molecule has 168 valence electrons. The van der Waals surface area contributed by atoms with E-state index < -0.39 is 0 Å². The number of aryl methyl sites for hydroxylation is 2. The van der Waals surface area contributed by atoms with E-state index in [9.17, 15) is 0 Å². The minimum absolute atomic E-state index is 0.765. The first-order valence-electron chi connectivity index (χ1n) is 11.0. The lowest BCUT2D eigenvalue weighted by molar-refractivity contribution is 0.176. The Bertz CT molecular complexity index is 1100. The quantitative estimate of drug-likeness (QED) is 0.480. The maximum Gasteiger partial charge on any atom is 0.173 e. The fourth-order valence-electron chi connectivity index (χ4n) is 4.14. The topological polar surface area (TPSA) is 36.3 Å². The van der Waals surface area contributed by atoms with E-state index >= 15 is 0 Å². The van der Waals surface area contributed by atoms with Gasteiger partial charge >= 0.3 is 0 Å². The number of rotatable bonds is 5. The highest BCUT2D eigenvalue weighted by molar-refractivity contribution is 9.10. The Balaban J connectivity index is 1.36. The molecule has 2 heterocycles. The molecular formula is C25H30BrN5S. The van der Waals surface area contributed by atoms with Crippen molar-refractivity contribution < 1.29 is 0 Å². The molecule has 0 saturated carbocycles. The van der Waals surface area contributed by atoms with Crippen LogP contribution in [0.25, 0.3) is 0 Å². The molecule has 5 nitrogen and oxygen atoms in total. The number of halogens is 1. The predicted molar refractivity (Wildman–Crippen MR) is 139 cm³/mol. The molecule has 0 spiro atoms. The molecule has 0 aliphatic carbocycles. The van der Waals surface area contributed by atoms with Gasteiger partial charge < -0.3 is 10.2 Å². The van der Waals surface area contributed by atoms with Gasteiger partial charge in [0.2, 0.25) is 0 Å². The molecule has 32 heavy (non-hydrogen) atoms. The van der Waals surface area contributed by atoms with E-state index in [1.54, 1.807) is 0 Å². The molecule has 3 aromatic rings. The molecular weight excluding hydrogens is 482 g/mol. The molecule has 0 unspecified atom stereocenters. The van der Waals surface area contributed by atoms with Gasteiger partial charge in [0.1, 0.15) is 0 Å². The number of hydrogen-bond donors (Lipinski definition) is 1. The Morgan fingerprint density at radius 2 is 1.59 bits per heavy atom. The van der Waals surface area contributed by atoms with Gasteiger partial charge in [0.15, 0.2) is 5.11 Å². The Hall–Kier alpha value is -2.22. The zero-order chi connectivity index (χ0) is 22.7. The van der Waals surface area contributed by atoms with Crippen molar-refractivity contribution in [3.05, 3.63) is 81.1 Å². The molecule has 0 bridgehead atoms. The van der Waals surface area contributed by atoms with Crippen molar-refractivity contribution in [3.8, 4) is 0 Å². The number of thiocarbonyl (C=S) groups is 1. The summed E-state index contributed by atoms with van der Waals surface area (Å²) in [6.07, 6.45) is 0. The summed E-state index contributed by atoms with van der Waals surface area (Å²) < 4.78 is 3.24. The zero-order valence-corrected chi connectivity index (χ0v) is 21.3. The van der Waals surface area contributed by atoms with Crippen LogP contribution in [0.4, 0.5) is 5.69 Å². The van der Waals surface area contributed by atoms with E-state index in [0.717, 1.165) is 61.5 Å². The third-order valence-corrected chi connectivity index (χ3v) is 7.34. The Labute approximate surface area is 204 Å². The SMILES string of the molecule is Cc1ccccc1Cn1nc(C)c(NC(=S)N2CCN(Cc3ccccc3Br)CC2)c1C. The van der Waals surface area contributed by atoms with Crippen LogP contribution in [-0.2, 0) is 13.1 Å². The van der Waals surface area contributed by atoms with Gasteiger partial charge in [0, 0.05) is 37.2 Å². The van der Waals surface area contributed by atoms with E-state index in [4.69, 9.17) is 17.3 Å². The van der Waals surface area contributed by atoms with E-state index in [2.05, 4.69) is 98.1 Å². The van der Waals surface area contributed by atoms with Gasteiger partial charge in [0.05, 0.1) is 23.6 Å². The number of anilines is 1. The zero-order valence-electron chi connectivity index (χ0n) is 18.9. The Morgan fingerprint density at radius 3 is 2.28 bits per heavy atom. The lowest BCUT2D eigenvalue weighted by atomic mass is 10.1. The molecule has 1 N–H and O–H groups in total. The summed E-state index contributed by atoms with van der Waals surface area (Å²) >= 11 is 9.44. The molecule has 0 radical (unpaired) electrons. The summed E-state index contributed by atoms with van der Waals surface area (Å²) in [5, 5.41) is 9.05. The van der Waals surface area contributed by atoms with Crippen LogP contribution in [0.1, 0.15) is 28.1 Å². The lowest BCUT2D eigenvalue weighted by Crippen LogP contribution is -2.49. The number of benzene rings is 2. The maximum atomic E-state index is 5.78. The first-order chi connectivity index (χ1) is 15.4. The van der Waals surface area contributed by atoms with E-state index in [1.807, 2.05) is 6.92 Å². The highest BCUT2D eigenvalue weighted by Gasteiger charge is 2.21. The van der Waals surface area contributed by atoms with Crippen molar-refractivity contribution in [2.75, 3.05) is 31.5 Å². The van der Waals surface area contributed by atoms with Crippen molar-refractivity contribution in [1.29, 1.82) is 0 Å². The van der Waals surface area contributed by atoms with E-state index in [0.29, 0.717) is 0 Å². The van der Waals surface area contributed by atoms with Gasteiger partial charge in [-0.3, -0.25) is 9.58 Å². The van der Waals surface area contributed by atoms with Crippen LogP contribution >= 0.6 is 28.1 Å². The second-order valence-electron chi connectivity index (χ2n) is 8.41. The number of aromatic nitrogens is 2. The monoisotopic (exact) mass is 511 g/mol. The number of nitrogens with one attached hydrogen (secondary N) is 1. The molecule has 1 saturated heterocycles. The minimum atomic E-state index is 0.765. The van der Waals surface area contributed by atoms with Gasteiger partial charge in [-0.1, -0.05) is 58.4 Å². The average Bonchev–Trinajstić information content (AvgIpc) is 3.05. The molecule has 1 aliphatic heterocycles. The molecule has 1 aliphatic rings. The second-order valence-corrected chi connectivity index (χ2v) is 9.66. The molecule has 0 amide bonds. The first-order valence-corrected chi connectivity index (χ1v) is 12.2. The predicted octanol–water partition coefficient (Wildman–Crippen LogP) is 5.13. The highest BCUT2D eigenvalue weighted by atomic mass is 79.9. The smallest absolute Gasteiger partial charge is 0.173 e. The lowest BCUT2D eigenvalue weighted by Gasteiger charge is -2.36.